The van der Waals surface area contributed by atoms with Crippen LogP contribution >= 0.6 is 11.8 Å². The summed E-state index contributed by atoms with van der Waals surface area (Å²) < 4.78 is 13.0. The molecule has 32 heavy (non-hydrogen) atoms. The van der Waals surface area contributed by atoms with E-state index >= 15 is 0 Å². The largest absolute Gasteiger partial charge is 0.454 e. The summed E-state index contributed by atoms with van der Waals surface area (Å²) in [4.78, 5) is 14.9. The molecular formula is C24H26N4O3S. The van der Waals surface area contributed by atoms with Gasteiger partial charge in [-0.15, -0.1) is 10.2 Å². The van der Waals surface area contributed by atoms with Crippen molar-refractivity contribution in [1.82, 2.24) is 19.7 Å². The molecular weight excluding hydrogens is 424 g/mol. The third kappa shape index (κ3) is 4.19. The van der Waals surface area contributed by atoms with E-state index in [0.29, 0.717) is 34.3 Å². The predicted molar refractivity (Wildman–Crippen MR) is 123 cm³/mol. The van der Waals surface area contributed by atoms with Gasteiger partial charge >= 0.3 is 0 Å². The van der Waals surface area contributed by atoms with Crippen LogP contribution in [0.4, 0.5) is 0 Å². The van der Waals surface area contributed by atoms with E-state index in [1.807, 2.05) is 58.0 Å². The second kappa shape index (κ2) is 8.86. The van der Waals surface area contributed by atoms with Crippen LogP contribution < -0.4 is 9.47 Å². The topological polar surface area (TPSA) is 69.5 Å². The number of para-hydroxylation sites is 1. The number of fused-ring (bicyclic) bond motifs is 1. The number of piperidine rings is 1. The number of carbonyl (C=O) groups excluding carboxylic acids is 1. The smallest absolute Gasteiger partial charge is 0.233 e. The quantitative estimate of drug-likeness (QED) is 0.541. The Balaban J connectivity index is 1.42. The van der Waals surface area contributed by atoms with Crippen molar-refractivity contribution in [3.8, 4) is 28.6 Å². The van der Waals surface area contributed by atoms with E-state index in [9.17, 15) is 4.79 Å². The lowest BCUT2D eigenvalue weighted by molar-refractivity contribution is -0.130. The SMILES string of the molecule is CC1CC(C)CN(C(=O)CSc2nnc(-c3ccc4c(c3)OCO4)n2-c2ccccc2)C1. The molecule has 0 saturated carbocycles. The van der Waals surface area contributed by atoms with Gasteiger partial charge in [0, 0.05) is 24.3 Å². The number of aromatic nitrogens is 3. The highest BCUT2D eigenvalue weighted by molar-refractivity contribution is 7.99. The minimum Gasteiger partial charge on any atom is -0.454 e. The predicted octanol–water partition coefficient (Wildman–Crippen LogP) is 4.26. The minimum absolute atomic E-state index is 0.153. The molecule has 0 N–H and O–H groups in total. The molecule has 1 saturated heterocycles. The number of hydrogen-bond acceptors (Lipinski definition) is 6. The molecule has 8 heteroatoms. The van der Waals surface area contributed by atoms with Crippen molar-refractivity contribution in [2.24, 2.45) is 11.8 Å². The summed E-state index contributed by atoms with van der Waals surface area (Å²) in [5, 5.41) is 9.61. The molecule has 0 spiro atoms. The third-order valence-corrected chi connectivity index (χ3v) is 6.74. The van der Waals surface area contributed by atoms with Gasteiger partial charge < -0.3 is 14.4 Å². The van der Waals surface area contributed by atoms with E-state index in [-0.39, 0.29) is 12.7 Å². The van der Waals surface area contributed by atoms with Gasteiger partial charge in [-0.05, 0) is 48.6 Å². The summed E-state index contributed by atoms with van der Waals surface area (Å²) >= 11 is 1.43. The minimum atomic E-state index is 0.153. The molecule has 2 aliphatic heterocycles. The maximum Gasteiger partial charge on any atom is 0.233 e. The zero-order valence-electron chi connectivity index (χ0n) is 18.2. The van der Waals surface area contributed by atoms with Crippen molar-refractivity contribution < 1.29 is 14.3 Å². The molecule has 7 nitrogen and oxygen atoms in total. The van der Waals surface area contributed by atoms with E-state index < -0.39 is 0 Å². The molecule has 1 aromatic heterocycles. The van der Waals surface area contributed by atoms with Crippen molar-refractivity contribution in [1.29, 1.82) is 0 Å². The number of rotatable bonds is 5. The summed E-state index contributed by atoms with van der Waals surface area (Å²) in [7, 11) is 0. The Labute approximate surface area is 191 Å². The number of thioether (sulfide) groups is 1. The molecule has 2 atom stereocenters. The van der Waals surface area contributed by atoms with Crippen molar-refractivity contribution >= 4 is 17.7 Å². The molecule has 5 rings (SSSR count). The van der Waals surface area contributed by atoms with E-state index in [2.05, 4.69) is 24.0 Å². The Bertz CT molecular complexity index is 1110. The van der Waals surface area contributed by atoms with Gasteiger partial charge in [0.25, 0.3) is 0 Å². The summed E-state index contributed by atoms with van der Waals surface area (Å²) in [5.41, 5.74) is 1.82. The third-order valence-electron chi connectivity index (χ3n) is 5.82. The molecule has 0 aliphatic carbocycles. The zero-order chi connectivity index (χ0) is 22.1. The van der Waals surface area contributed by atoms with Crippen LogP contribution in [0, 0.1) is 11.8 Å². The van der Waals surface area contributed by atoms with Crippen LogP contribution in [0.25, 0.3) is 17.1 Å². The normalized spacial score (nSPS) is 19.9. The molecule has 3 heterocycles. The van der Waals surface area contributed by atoms with Crippen LogP contribution in [0.5, 0.6) is 11.5 Å². The number of ether oxygens (including phenoxy) is 2. The van der Waals surface area contributed by atoms with Crippen molar-refractivity contribution in [3.63, 3.8) is 0 Å². The number of amides is 1. The summed E-state index contributed by atoms with van der Waals surface area (Å²) in [6.45, 7) is 6.32. The van der Waals surface area contributed by atoms with Crippen molar-refractivity contribution in [2.75, 3.05) is 25.6 Å². The van der Waals surface area contributed by atoms with Gasteiger partial charge in [-0.1, -0.05) is 43.8 Å². The first-order valence-electron chi connectivity index (χ1n) is 10.9. The van der Waals surface area contributed by atoms with Crippen molar-refractivity contribution in [2.45, 2.75) is 25.4 Å². The average molecular weight is 451 g/mol. The second-order valence-corrected chi connectivity index (χ2v) is 9.52. The molecule has 2 aromatic carbocycles. The Kier molecular flexibility index (Phi) is 5.78. The fourth-order valence-corrected chi connectivity index (χ4v) is 5.33. The van der Waals surface area contributed by atoms with E-state index in [0.717, 1.165) is 30.1 Å². The first-order chi connectivity index (χ1) is 15.6. The Hall–Kier alpha value is -3.00. The molecule has 1 fully saturated rings. The highest BCUT2D eigenvalue weighted by Crippen LogP contribution is 2.37. The van der Waals surface area contributed by atoms with Crippen LogP contribution in [0.1, 0.15) is 20.3 Å². The van der Waals surface area contributed by atoms with Gasteiger partial charge in [0.2, 0.25) is 12.7 Å². The molecule has 1 amide bonds. The fraction of sp³-hybridized carbons (Fsp3) is 0.375. The number of benzene rings is 2. The lowest BCUT2D eigenvalue weighted by Gasteiger charge is -2.34. The Morgan fingerprint density at radius 1 is 1.03 bits per heavy atom. The summed E-state index contributed by atoms with van der Waals surface area (Å²) in [6.07, 6.45) is 1.18. The van der Waals surface area contributed by atoms with Crippen molar-refractivity contribution in [3.05, 3.63) is 48.5 Å². The Morgan fingerprint density at radius 3 is 2.56 bits per heavy atom. The number of hydrogen-bond donors (Lipinski definition) is 0. The second-order valence-electron chi connectivity index (χ2n) is 8.58. The van der Waals surface area contributed by atoms with Crippen LogP contribution in [-0.4, -0.2) is 51.2 Å². The van der Waals surface area contributed by atoms with Crippen LogP contribution in [0.3, 0.4) is 0 Å². The molecule has 0 bridgehead atoms. The van der Waals surface area contributed by atoms with Gasteiger partial charge in [0.1, 0.15) is 0 Å². The van der Waals surface area contributed by atoms with E-state index in [4.69, 9.17) is 9.47 Å². The lowest BCUT2D eigenvalue weighted by Crippen LogP contribution is -2.43. The van der Waals surface area contributed by atoms with Gasteiger partial charge in [-0.2, -0.15) is 0 Å². The zero-order valence-corrected chi connectivity index (χ0v) is 19.0. The number of likely N-dealkylation sites (tertiary alicyclic amines) is 1. The van der Waals surface area contributed by atoms with Crippen LogP contribution in [-0.2, 0) is 4.79 Å². The van der Waals surface area contributed by atoms with Gasteiger partial charge in [-0.3, -0.25) is 9.36 Å². The monoisotopic (exact) mass is 450 g/mol. The molecule has 2 unspecified atom stereocenters. The highest BCUT2D eigenvalue weighted by Gasteiger charge is 2.26. The van der Waals surface area contributed by atoms with Crippen LogP contribution in [0.15, 0.2) is 53.7 Å². The van der Waals surface area contributed by atoms with E-state index in [1.165, 1.54) is 18.2 Å². The first kappa shape index (κ1) is 20.9. The summed E-state index contributed by atoms with van der Waals surface area (Å²) in [5.74, 6) is 3.69. The lowest BCUT2D eigenvalue weighted by atomic mass is 9.92. The average Bonchev–Trinajstić information content (AvgIpc) is 3.43. The molecule has 2 aliphatic rings. The molecule has 3 aromatic rings. The summed E-state index contributed by atoms with van der Waals surface area (Å²) in [6, 6.07) is 15.7. The van der Waals surface area contributed by atoms with Crippen LogP contribution in [0.2, 0.25) is 0 Å². The molecule has 166 valence electrons. The Morgan fingerprint density at radius 2 is 1.78 bits per heavy atom. The fourth-order valence-electron chi connectivity index (χ4n) is 4.48. The standard InChI is InChI=1S/C24H26N4O3S/c1-16-10-17(2)13-27(12-16)22(29)14-32-24-26-25-23(28(24)19-6-4-3-5-7-19)18-8-9-20-21(11-18)31-15-30-20/h3-9,11,16-17H,10,12-15H2,1-2H3. The number of nitrogens with zero attached hydrogens (tertiary/aromatic N) is 4. The number of carbonyl (C=O) groups is 1. The van der Waals surface area contributed by atoms with Gasteiger partial charge in [-0.25, -0.2) is 0 Å². The van der Waals surface area contributed by atoms with Gasteiger partial charge in [0.15, 0.2) is 22.5 Å². The van der Waals surface area contributed by atoms with E-state index in [1.54, 1.807) is 0 Å². The first-order valence-corrected chi connectivity index (χ1v) is 11.9. The maximum atomic E-state index is 12.9. The highest BCUT2D eigenvalue weighted by atomic mass is 32.2. The molecule has 0 radical (unpaired) electrons. The van der Waals surface area contributed by atoms with Gasteiger partial charge in [0.05, 0.1) is 5.75 Å². The maximum absolute atomic E-state index is 12.9.